The fourth-order valence-electron chi connectivity index (χ4n) is 2.79. The van der Waals surface area contributed by atoms with E-state index in [1.165, 1.54) is 11.8 Å². The Bertz CT molecular complexity index is 1080. The van der Waals surface area contributed by atoms with Crippen LogP contribution in [0.4, 0.5) is 11.4 Å². The minimum absolute atomic E-state index is 0.0922. The maximum atomic E-state index is 12.7. The summed E-state index contributed by atoms with van der Waals surface area (Å²) in [6, 6.07) is 21.5. The summed E-state index contributed by atoms with van der Waals surface area (Å²) in [6.45, 7) is 1.85. The van der Waals surface area contributed by atoms with E-state index >= 15 is 0 Å². The van der Waals surface area contributed by atoms with Crippen LogP contribution in [-0.4, -0.2) is 23.7 Å². The zero-order valence-corrected chi connectivity index (χ0v) is 19.6. The monoisotopic (exact) mass is 488 g/mol. The normalized spacial score (nSPS) is 11.5. The number of amides is 2. The van der Waals surface area contributed by atoms with Gasteiger partial charge in [0.1, 0.15) is 5.75 Å². The summed E-state index contributed by atoms with van der Waals surface area (Å²) >= 11 is 13.4. The van der Waals surface area contributed by atoms with E-state index in [-0.39, 0.29) is 23.7 Å². The minimum Gasteiger partial charge on any atom is -0.484 e. The predicted octanol–water partition coefficient (Wildman–Crippen LogP) is 6.52. The number of hydrogen-bond donors (Lipinski definition) is 2. The zero-order valence-electron chi connectivity index (χ0n) is 17.3. The lowest BCUT2D eigenvalue weighted by Gasteiger charge is -2.16. The first-order chi connectivity index (χ1) is 15.4. The van der Waals surface area contributed by atoms with Crippen molar-refractivity contribution in [2.75, 3.05) is 17.2 Å². The summed E-state index contributed by atoms with van der Waals surface area (Å²) in [7, 11) is 0. The van der Waals surface area contributed by atoms with E-state index in [1.54, 1.807) is 36.4 Å². The quantitative estimate of drug-likeness (QED) is 0.336. The third kappa shape index (κ3) is 7.19. The molecule has 3 rings (SSSR count). The highest BCUT2D eigenvalue weighted by molar-refractivity contribution is 8.00. The lowest BCUT2D eigenvalue weighted by molar-refractivity contribution is -0.118. The summed E-state index contributed by atoms with van der Waals surface area (Å²) in [5, 5.41) is 6.18. The molecule has 5 nitrogen and oxygen atoms in total. The Morgan fingerprint density at radius 1 is 0.906 bits per heavy atom. The Balaban J connectivity index is 1.57. The number of halogens is 2. The molecule has 1 unspecified atom stereocenters. The Kier molecular flexibility index (Phi) is 8.85. The van der Waals surface area contributed by atoms with Crippen LogP contribution in [0.3, 0.4) is 0 Å². The number of carbonyl (C=O) groups is 2. The van der Waals surface area contributed by atoms with Gasteiger partial charge in [-0.2, -0.15) is 0 Å². The van der Waals surface area contributed by atoms with E-state index in [4.69, 9.17) is 27.9 Å². The van der Waals surface area contributed by atoms with Crippen molar-refractivity contribution in [1.82, 2.24) is 0 Å². The van der Waals surface area contributed by atoms with Gasteiger partial charge in [0, 0.05) is 16.3 Å². The molecule has 1 atom stereocenters. The van der Waals surface area contributed by atoms with Crippen LogP contribution < -0.4 is 15.4 Å². The highest BCUT2D eigenvalue weighted by Gasteiger charge is 2.19. The zero-order chi connectivity index (χ0) is 22.9. The van der Waals surface area contributed by atoms with E-state index in [2.05, 4.69) is 10.6 Å². The largest absolute Gasteiger partial charge is 0.484 e. The maximum absolute atomic E-state index is 12.7. The van der Waals surface area contributed by atoms with Gasteiger partial charge in [0.25, 0.3) is 5.91 Å². The van der Waals surface area contributed by atoms with E-state index in [9.17, 15) is 9.59 Å². The van der Waals surface area contributed by atoms with Crippen LogP contribution in [0.5, 0.6) is 5.75 Å². The first-order valence-corrected chi connectivity index (χ1v) is 11.6. The van der Waals surface area contributed by atoms with Gasteiger partial charge in [0.2, 0.25) is 5.91 Å². The molecule has 3 aromatic carbocycles. The lowest BCUT2D eigenvalue weighted by Crippen LogP contribution is -2.24. The first-order valence-electron chi connectivity index (χ1n) is 9.95. The summed E-state index contributed by atoms with van der Waals surface area (Å²) in [5.41, 5.74) is 1.22. The summed E-state index contributed by atoms with van der Waals surface area (Å²) < 4.78 is 5.47. The van der Waals surface area contributed by atoms with Crippen molar-refractivity contribution >= 4 is 58.2 Å². The molecule has 0 fully saturated rings. The van der Waals surface area contributed by atoms with Gasteiger partial charge in [0.05, 0.1) is 15.3 Å². The van der Waals surface area contributed by atoms with Gasteiger partial charge < -0.3 is 15.4 Å². The topological polar surface area (TPSA) is 67.4 Å². The number of nitrogens with one attached hydrogen (secondary N) is 2. The van der Waals surface area contributed by atoms with Crippen molar-refractivity contribution in [2.45, 2.75) is 23.5 Å². The number of anilines is 2. The molecule has 0 aromatic heterocycles. The molecule has 0 saturated heterocycles. The Labute approximate surface area is 201 Å². The number of rotatable bonds is 9. The molecule has 0 aliphatic rings. The standard InChI is InChI=1S/C24H22Cl2N2O3S/c1-2-22(24(30)28-17-11-12-20(25)21(26)14-17)32-19-10-6-7-16(13-19)27-23(29)15-31-18-8-4-3-5-9-18/h3-14,22H,2,15H2,1H3,(H,27,29)(H,28,30). The number of carbonyl (C=O) groups excluding carboxylic acids is 2. The third-order valence-corrected chi connectivity index (χ3v) is 6.46. The third-order valence-electron chi connectivity index (χ3n) is 4.36. The molecule has 0 radical (unpaired) electrons. The van der Waals surface area contributed by atoms with E-state index in [1.807, 2.05) is 43.3 Å². The molecule has 0 aliphatic heterocycles. The van der Waals surface area contributed by atoms with Crippen LogP contribution in [-0.2, 0) is 9.59 Å². The van der Waals surface area contributed by atoms with Gasteiger partial charge in [-0.3, -0.25) is 9.59 Å². The fraction of sp³-hybridized carbons (Fsp3) is 0.167. The molecule has 0 spiro atoms. The molecule has 2 N–H and O–H groups in total. The Morgan fingerprint density at radius 3 is 2.38 bits per heavy atom. The van der Waals surface area contributed by atoms with Gasteiger partial charge in [-0.25, -0.2) is 0 Å². The summed E-state index contributed by atoms with van der Waals surface area (Å²) in [5.74, 6) is 0.229. The fourth-order valence-corrected chi connectivity index (χ4v) is 4.10. The second kappa shape index (κ2) is 11.8. The second-order valence-electron chi connectivity index (χ2n) is 6.81. The minimum atomic E-state index is -0.322. The smallest absolute Gasteiger partial charge is 0.262 e. The maximum Gasteiger partial charge on any atom is 0.262 e. The van der Waals surface area contributed by atoms with Crippen LogP contribution in [0, 0.1) is 0 Å². The van der Waals surface area contributed by atoms with Crippen molar-refractivity contribution in [3.63, 3.8) is 0 Å². The van der Waals surface area contributed by atoms with Crippen molar-refractivity contribution in [3.8, 4) is 5.75 Å². The van der Waals surface area contributed by atoms with Gasteiger partial charge in [-0.15, -0.1) is 11.8 Å². The molecule has 0 aliphatic carbocycles. The number of hydrogen-bond acceptors (Lipinski definition) is 4. The second-order valence-corrected chi connectivity index (χ2v) is 8.90. The predicted molar refractivity (Wildman–Crippen MR) is 132 cm³/mol. The number of ether oxygens (including phenoxy) is 1. The van der Waals surface area contributed by atoms with Gasteiger partial charge >= 0.3 is 0 Å². The number of para-hydroxylation sites is 1. The van der Waals surface area contributed by atoms with Crippen LogP contribution >= 0.6 is 35.0 Å². The van der Waals surface area contributed by atoms with Crippen LogP contribution in [0.25, 0.3) is 0 Å². The van der Waals surface area contributed by atoms with E-state index in [0.717, 1.165) is 4.90 Å². The average Bonchev–Trinajstić information content (AvgIpc) is 2.79. The van der Waals surface area contributed by atoms with E-state index < -0.39 is 0 Å². The van der Waals surface area contributed by atoms with Crippen LogP contribution in [0.2, 0.25) is 10.0 Å². The Morgan fingerprint density at radius 2 is 1.66 bits per heavy atom. The molecular formula is C24H22Cl2N2O3S. The first kappa shape index (κ1) is 24.0. The van der Waals surface area contributed by atoms with Gasteiger partial charge in [-0.05, 0) is 55.0 Å². The molecule has 0 heterocycles. The Hall–Kier alpha value is -2.67. The number of benzene rings is 3. The molecule has 166 valence electrons. The molecule has 0 saturated carbocycles. The molecule has 8 heteroatoms. The summed E-state index contributed by atoms with van der Waals surface area (Å²) in [6.07, 6.45) is 0.624. The highest BCUT2D eigenvalue weighted by atomic mass is 35.5. The lowest BCUT2D eigenvalue weighted by atomic mass is 10.2. The number of thioether (sulfide) groups is 1. The molecule has 2 amide bonds. The van der Waals surface area contributed by atoms with E-state index in [0.29, 0.717) is 33.6 Å². The van der Waals surface area contributed by atoms with Crippen LogP contribution in [0.15, 0.2) is 77.7 Å². The molecule has 3 aromatic rings. The summed E-state index contributed by atoms with van der Waals surface area (Å²) in [4.78, 5) is 25.8. The SMILES string of the molecule is CCC(Sc1cccc(NC(=O)COc2ccccc2)c1)C(=O)Nc1ccc(Cl)c(Cl)c1. The van der Waals surface area contributed by atoms with Gasteiger partial charge in [-0.1, -0.05) is 54.4 Å². The van der Waals surface area contributed by atoms with Crippen molar-refractivity contribution in [1.29, 1.82) is 0 Å². The average molecular weight is 489 g/mol. The molecule has 0 bridgehead atoms. The highest BCUT2D eigenvalue weighted by Crippen LogP contribution is 2.30. The van der Waals surface area contributed by atoms with Gasteiger partial charge in [0.15, 0.2) is 6.61 Å². The van der Waals surface area contributed by atoms with Crippen molar-refractivity contribution in [2.24, 2.45) is 0 Å². The van der Waals surface area contributed by atoms with Crippen molar-refractivity contribution in [3.05, 3.63) is 82.8 Å². The van der Waals surface area contributed by atoms with Crippen molar-refractivity contribution < 1.29 is 14.3 Å². The van der Waals surface area contributed by atoms with Crippen LogP contribution in [0.1, 0.15) is 13.3 Å². The molecule has 32 heavy (non-hydrogen) atoms. The molecular weight excluding hydrogens is 467 g/mol.